The molecule has 0 aliphatic heterocycles. The Bertz CT molecular complexity index is 1200. The van der Waals surface area contributed by atoms with E-state index < -0.39 is 0 Å². The Morgan fingerprint density at radius 1 is 0.846 bits per heavy atom. The normalized spacial score (nSPS) is 11.0. The number of benzene rings is 3. The highest BCUT2D eigenvalue weighted by Crippen LogP contribution is 2.34. The fraction of sp³-hybridized carbons (Fsp3) is 0.355. The molecular formula is C31H36Br2N2O4. The summed E-state index contributed by atoms with van der Waals surface area (Å²) in [5.41, 5.74) is 4.86. The van der Waals surface area contributed by atoms with Crippen LogP contribution in [0.15, 0.2) is 74.7 Å². The van der Waals surface area contributed by atoms with E-state index in [4.69, 9.17) is 14.2 Å². The number of rotatable bonds is 16. The molecule has 3 aromatic rings. The molecule has 0 heterocycles. The highest BCUT2D eigenvalue weighted by molar-refractivity contribution is 9.11. The quantitative estimate of drug-likeness (QED) is 0.0949. The Labute approximate surface area is 248 Å². The standard InChI is InChI=1S/C31H36Br2N2O4/c1-3-5-6-7-8-12-17-38-30-26(32)18-24(19-27(30)33)21-34-35-31(36)25-15-16-28(29(20-25)37-4-2)39-22-23-13-10-9-11-14-23/h9-11,13-16,18-21H,3-8,12,17,22H2,1-2H3,(H,35,36)/b34-21+. The van der Waals surface area contributed by atoms with Gasteiger partial charge in [0.15, 0.2) is 11.5 Å². The molecule has 39 heavy (non-hydrogen) atoms. The second kappa shape index (κ2) is 17.0. The Morgan fingerprint density at radius 3 is 2.28 bits per heavy atom. The number of carbonyl (C=O) groups excluding carboxylic acids is 1. The maximum absolute atomic E-state index is 12.7. The molecule has 3 rings (SSSR count). The molecule has 208 valence electrons. The fourth-order valence-electron chi connectivity index (χ4n) is 3.85. The Balaban J connectivity index is 1.55. The summed E-state index contributed by atoms with van der Waals surface area (Å²) in [5, 5.41) is 4.14. The van der Waals surface area contributed by atoms with E-state index in [1.807, 2.05) is 49.4 Å². The molecule has 0 aliphatic carbocycles. The van der Waals surface area contributed by atoms with E-state index in [0.717, 1.165) is 32.2 Å². The van der Waals surface area contributed by atoms with Gasteiger partial charge in [-0.15, -0.1) is 0 Å². The summed E-state index contributed by atoms with van der Waals surface area (Å²) < 4.78 is 19.3. The van der Waals surface area contributed by atoms with Crippen LogP contribution < -0.4 is 19.6 Å². The first-order chi connectivity index (χ1) is 19.0. The maximum Gasteiger partial charge on any atom is 0.271 e. The van der Waals surface area contributed by atoms with Crippen molar-refractivity contribution in [3.63, 3.8) is 0 Å². The minimum Gasteiger partial charge on any atom is -0.491 e. The number of hydrazone groups is 1. The van der Waals surface area contributed by atoms with Crippen LogP contribution in [-0.2, 0) is 6.61 Å². The summed E-state index contributed by atoms with van der Waals surface area (Å²) in [6, 6.07) is 18.8. The third kappa shape index (κ3) is 10.3. The van der Waals surface area contributed by atoms with E-state index in [2.05, 4.69) is 49.3 Å². The summed E-state index contributed by atoms with van der Waals surface area (Å²) in [7, 11) is 0. The molecule has 1 amide bonds. The molecular weight excluding hydrogens is 624 g/mol. The predicted octanol–water partition coefficient (Wildman–Crippen LogP) is 8.69. The molecule has 0 saturated carbocycles. The van der Waals surface area contributed by atoms with Gasteiger partial charge in [0.25, 0.3) is 5.91 Å². The van der Waals surface area contributed by atoms with Gasteiger partial charge in [-0.2, -0.15) is 5.10 Å². The van der Waals surface area contributed by atoms with Gasteiger partial charge in [0, 0.05) is 5.56 Å². The average molecular weight is 660 g/mol. The predicted molar refractivity (Wildman–Crippen MR) is 164 cm³/mol. The zero-order chi connectivity index (χ0) is 27.9. The number of amides is 1. The fourth-order valence-corrected chi connectivity index (χ4v) is 5.30. The summed E-state index contributed by atoms with van der Waals surface area (Å²) >= 11 is 7.17. The molecule has 3 aromatic carbocycles. The SMILES string of the molecule is CCCCCCCCOc1c(Br)cc(/C=N/NC(=O)c2ccc(OCc3ccccc3)c(OCC)c2)cc1Br. The van der Waals surface area contributed by atoms with Crippen molar-refractivity contribution in [1.29, 1.82) is 0 Å². The minimum absolute atomic E-state index is 0.348. The van der Waals surface area contributed by atoms with Crippen LogP contribution in [0, 0.1) is 0 Å². The lowest BCUT2D eigenvalue weighted by atomic mass is 10.1. The van der Waals surface area contributed by atoms with Crippen molar-refractivity contribution in [3.8, 4) is 17.2 Å². The van der Waals surface area contributed by atoms with E-state index in [1.165, 1.54) is 32.1 Å². The smallest absolute Gasteiger partial charge is 0.271 e. The highest BCUT2D eigenvalue weighted by atomic mass is 79.9. The summed E-state index contributed by atoms with van der Waals surface area (Å²) in [6.45, 7) is 5.64. The van der Waals surface area contributed by atoms with Crippen molar-refractivity contribution in [2.45, 2.75) is 59.0 Å². The number of halogens is 2. The van der Waals surface area contributed by atoms with Crippen LogP contribution in [0.1, 0.15) is 73.9 Å². The van der Waals surface area contributed by atoms with Crippen LogP contribution in [0.4, 0.5) is 0 Å². The molecule has 0 atom stereocenters. The third-order valence-electron chi connectivity index (χ3n) is 5.89. The largest absolute Gasteiger partial charge is 0.491 e. The lowest BCUT2D eigenvalue weighted by Gasteiger charge is -2.13. The van der Waals surface area contributed by atoms with E-state index in [-0.39, 0.29) is 5.91 Å². The second-order valence-electron chi connectivity index (χ2n) is 9.00. The van der Waals surface area contributed by atoms with Crippen molar-refractivity contribution < 1.29 is 19.0 Å². The van der Waals surface area contributed by atoms with Crippen molar-refractivity contribution in [1.82, 2.24) is 5.43 Å². The topological polar surface area (TPSA) is 69.2 Å². The first-order valence-electron chi connectivity index (χ1n) is 13.4. The molecule has 0 spiro atoms. The van der Waals surface area contributed by atoms with Crippen LogP contribution in [0.3, 0.4) is 0 Å². The number of hydrogen-bond donors (Lipinski definition) is 1. The van der Waals surface area contributed by atoms with E-state index >= 15 is 0 Å². The summed E-state index contributed by atoms with van der Waals surface area (Å²) in [5.74, 6) is 1.50. The molecule has 0 saturated heterocycles. The molecule has 0 unspecified atom stereocenters. The van der Waals surface area contributed by atoms with Crippen molar-refractivity contribution in [2.24, 2.45) is 5.10 Å². The number of nitrogens with zero attached hydrogens (tertiary/aromatic N) is 1. The highest BCUT2D eigenvalue weighted by Gasteiger charge is 2.12. The minimum atomic E-state index is -0.348. The lowest BCUT2D eigenvalue weighted by Crippen LogP contribution is -2.17. The Hall–Kier alpha value is -2.84. The van der Waals surface area contributed by atoms with Crippen molar-refractivity contribution >= 4 is 44.0 Å². The van der Waals surface area contributed by atoms with Crippen LogP contribution in [0.2, 0.25) is 0 Å². The van der Waals surface area contributed by atoms with Gasteiger partial charge in [0.2, 0.25) is 0 Å². The number of unbranched alkanes of at least 4 members (excludes halogenated alkanes) is 5. The summed E-state index contributed by atoms with van der Waals surface area (Å²) in [6.07, 6.45) is 8.88. The molecule has 0 bridgehead atoms. The molecule has 8 heteroatoms. The number of carbonyl (C=O) groups is 1. The molecule has 0 fully saturated rings. The number of ether oxygens (including phenoxy) is 3. The van der Waals surface area contributed by atoms with Crippen molar-refractivity contribution in [2.75, 3.05) is 13.2 Å². The second-order valence-corrected chi connectivity index (χ2v) is 10.7. The molecule has 6 nitrogen and oxygen atoms in total. The van der Waals surface area contributed by atoms with Gasteiger partial charge in [0.1, 0.15) is 12.4 Å². The van der Waals surface area contributed by atoms with Gasteiger partial charge < -0.3 is 14.2 Å². The van der Waals surface area contributed by atoms with Gasteiger partial charge >= 0.3 is 0 Å². The average Bonchev–Trinajstić information content (AvgIpc) is 2.93. The molecule has 0 radical (unpaired) electrons. The summed E-state index contributed by atoms with van der Waals surface area (Å²) in [4.78, 5) is 12.7. The van der Waals surface area contributed by atoms with Crippen LogP contribution in [0.5, 0.6) is 17.2 Å². The van der Waals surface area contributed by atoms with E-state index in [1.54, 1.807) is 24.4 Å². The van der Waals surface area contributed by atoms with Gasteiger partial charge in [0.05, 0.1) is 28.4 Å². The van der Waals surface area contributed by atoms with Crippen LogP contribution in [-0.4, -0.2) is 25.3 Å². The van der Waals surface area contributed by atoms with E-state index in [0.29, 0.717) is 36.9 Å². The van der Waals surface area contributed by atoms with Gasteiger partial charge in [-0.3, -0.25) is 4.79 Å². The van der Waals surface area contributed by atoms with Gasteiger partial charge in [-0.05, 0) is 86.7 Å². The molecule has 0 aliphatic rings. The first kappa shape index (κ1) is 30.7. The zero-order valence-electron chi connectivity index (χ0n) is 22.6. The maximum atomic E-state index is 12.7. The Kier molecular flexibility index (Phi) is 13.4. The van der Waals surface area contributed by atoms with Gasteiger partial charge in [-0.25, -0.2) is 5.43 Å². The van der Waals surface area contributed by atoms with Crippen LogP contribution >= 0.6 is 31.9 Å². The van der Waals surface area contributed by atoms with E-state index in [9.17, 15) is 4.79 Å². The zero-order valence-corrected chi connectivity index (χ0v) is 25.7. The Morgan fingerprint density at radius 2 is 1.56 bits per heavy atom. The third-order valence-corrected chi connectivity index (χ3v) is 7.07. The molecule has 1 N–H and O–H groups in total. The first-order valence-corrected chi connectivity index (χ1v) is 15.0. The van der Waals surface area contributed by atoms with Crippen LogP contribution in [0.25, 0.3) is 0 Å². The monoisotopic (exact) mass is 658 g/mol. The molecule has 0 aromatic heterocycles. The lowest BCUT2D eigenvalue weighted by molar-refractivity contribution is 0.0954. The van der Waals surface area contributed by atoms with Gasteiger partial charge in [-0.1, -0.05) is 69.4 Å². The number of nitrogens with one attached hydrogen (secondary N) is 1. The van der Waals surface area contributed by atoms with Crippen molar-refractivity contribution in [3.05, 3.63) is 86.3 Å². The number of hydrogen-bond acceptors (Lipinski definition) is 5.